The lowest BCUT2D eigenvalue weighted by atomic mass is 9.63. The number of aliphatic carboxylic acids is 1. The summed E-state index contributed by atoms with van der Waals surface area (Å²) in [6, 6.07) is 0. The molecule has 1 heterocycles. The van der Waals surface area contributed by atoms with E-state index < -0.39 is 11.4 Å². The van der Waals surface area contributed by atoms with Crippen LogP contribution < -0.4 is 0 Å². The second-order valence-electron chi connectivity index (χ2n) is 6.77. The highest BCUT2D eigenvalue weighted by atomic mass is 16.4. The van der Waals surface area contributed by atoms with Gasteiger partial charge in [0.1, 0.15) is 0 Å². The lowest BCUT2D eigenvalue weighted by Crippen LogP contribution is -2.38. The molecule has 0 radical (unpaired) electrons. The summed E-state index contributed by atoms with van der Waals surface area (Å²) in [5, 5.41) is 13.8. The molecule has 0 amide bonds. The summed E-state index contributed by atoms with van der Waals surface area (Å²) in [7, 11) is 1.89. The molecule has 0 spiro atoms. The Morgan fingerprint density at radius 3 is 2.47 bits per heavy atom. The first kappa shape index (κ1) is 14.1. The normalized spacial score (nSPS) is 21.2. The number of aromatic nitrogens is 2. The number of carboxylic acid groups (broad SMARTS) is 1. The zero-order valence-electron chi connectivity index (χ0n) is 12.1. The van der Waals surface area contributed by atoms with Gasteiger partial charge in [0.25, 0.3) is 0 Å². The lowest BCUT2D eigenvalue weighted by molar-refractivity contribution is -0.153. The number of carboxylic acids is 1. The van der Waals surface area contributed by atoms with E-state index in [1.165, 1.54) is 0 Å². The van der Waals surface area contributed by atoms with Gasteiger partial charge < -0.3 is 5.11 Å². The average Bonchev–Trinajstić information content (AvgIpc) is 2.74. The quantitative estimate of drug-likeness (QED) is 0.909. The zero-order valence-corrected chi connectivity index (χ0v) is 12.1. The van der Waals surface area contributed by atoms with Crippen molar-refractivity contribution in [2.45, 2.75) is 52.4 Å². The fourth-order valence-electron chi connectivity index (χ4n) is 2.96. The average molecular weight is 264 g/mol. The van der Waals surface area contributed by atoms with Crippen LogP contribution in [0.25, 0.3) is 0 Å². The Morgan fingerprint density at radius 2 is 2.00 bits per heavy atom. The molecule has 0 bridgehead atoms. The second-order valence-corrected chi connectivity index (χ2v) is 6.77. The van der Waals surface area contributed by atoms with E-state index in [9.17, 15) is 9.90 Å². The minimum absolute atomic E-state index is 0.299. The van der Waals surface area contributed by atoms with Crippen LogP contribution in [-0.4, -0.2) is 20.9 Å². The molecular formula is C15H24N2O2. The molecular weight excluding hydrogens is 240 g/mol. The lowest BCUT2D eigenvalue weighted by Gasteiger charge is -2.40. The third-order valence-corrected chi connectivity index (χ3v) is 4.66. The van der Waals surface area contributed by atoms with Crippen molar-refractivity contribution in [3.05, 3.63) is 18.0 Å². The Bertz CT molecular complexity index is 452. The summed E-state index contributed by atoms with van der Waals surface area (Å²) >= 11 is 0. The number of nitrogens with zero attached hydrogens (tertiary/aromatic N) is 2. The van der Waals surface area contributed by atoms with Gasteiger partial charge in [-0.15, -0.1) is 0 Å². The van der Waals surface area contributed by atoms with Crippen LogP contribution in [0, 0.1) is 10.8 Å². The first-order chi connectivity index (χ1) is 8.83. The second kappa shape index (κ2) is 4.99. The fraction of sp³-hybridized carbons (Fsp3) is 0.733. The highest BCUT2D eigenvalue weighted by molar-refractivity contribution is 5.74. The largest absolute Gasteiger partial charge is 0.481 e. The number of hydrogen-bond donors (Lipinski definition) is 1. The molecule has 0 aromatic carbocycles. The summed E-state index contributed by atoms with van der Waals surface area (Å²) in [4.78, 5) is 11.7. The van der Waals surface area contributed by atoms with Gasteiger partial charge in [-0.05, 0) is 49.5 Å². The van der Waals surface area contributed by atoms with Crippen molar-refractivity contribution < 1.29 is 9.90 Å². The molecule has 0 atom stereocenters. The molecule has 19 heavy (non-hydrogen) atoms. The maximum atomic E-state index is 11.7. The summed E-state index contributed by atoms with van der Waals surface area (Å²) < 4.78 is 1.77. The number of carbonyl (C=O) groups is 1. The van der Waals surface area contributed by atoms with Crippen molar-refractivity contribution in [1.29, 1.82) is 0 Å². The summed E-state index contributed by atoms with van der Waals surface area (Å²) in [5.41, 5.74) is 0.909. The van der Waals surface area contributed by atoms with Gasteiger partial charge >= 0.3 is 5.97 Å². The Morgan fingerprint density at radius 1 is 1.37 bits per heavy atom. The molecule has 1 aromatic rings. The topological polar surface area (TPSA) is 55.1 Å². The van der Waals surface area contributed by atoms with Gasteiger partial charge in [0, 0.05) is 13.2 Å². The van der Waals surface area contributed by atoms with Crippen LogP contribution in [0.15, 0.2) is 12.4 Å². The Hall–Kier alpha value is -1.32. The van der Waals surface area contributed by atoms with Crippen molar-refractivity contribution in [3.63, 3.8) is 0 Å². The summed E-state index contributed by atoms with van der Waals surface area (Å²) in [6.45, 7) is 4.47. The van der Waals surface area contributed by atoms with Crippen LogP contribution in [0.2, 0.25) is 0 Å². The predicted octanol–water partition coefficient (Wildman–Crippen LogP) is 3.02. The number of hydrogen-bond acceptors (Lipinski definition) is 2. The Kier molecular flexibility index (Phi) is 3.70. The van der Waals surface area contributed by atoms with Gasteiger partial charge in [-0.1, -0.05) is 13.8 Å². The number of aryl methyl sites for hydroxylation is 2. The van der Waals surface area contributed by atoms with Gasteiger partial charge in [0.15, 0.2) is 0 Å². The maximum Gasteiger partial charge on any atom is 0.309 e. The predicted molar refractivity (Wildman–Crippen MR) is 73.8 cm³/mol. The van der Waals surface area contributed by atoms with E-state index in [0.29, 0.717) is 5.41 Å². The smallest absolute Gasteiger partial charge is 0.309 e. The van der Waals surface area contributed by atoms with Crippen LogP contribution >= 0.6 is 0 Å². The molecule has 1 fully saturated rings. The van der Waals surface area contributed by atoms with Gasteiger partial charge in [-0.25, -0.2) is 0 Å². The molecule has 4 nitrogen and oxygen atoms in total. The molecule has 106 valence electrons. The third-order valence-electron chi connectivity index (χ3n) is 4.66. The van der Waals surface area contributed by atoms with Crippen molar-refractivity contribution >= 4 is 5.97 Å². The molecule has 1 aromatic heterocycles. The van der Waals surface area contributed by atoms with E-state index in [4.69, 9.17) is 0 Å². The Balaban J connectivity index is 2.03. The molecule has 1 N–H and O–H groups in total. The maximum absolute atomic E-state index is 11.7. The molecule has 4 heteroatoms. The van der Waals surface area contributed by atoms with Crippen LogP contribution in [0.3, 0.4) is 0 Å². The van der Waals surface area contributed by atoms with E-state index in [2.05, 4.69) is 18.9 Å². The monoisotopic (exact) mass is 264 g/mol. The van der Waals surface area contributed by atoms with Crippen molar-refractivity contribution in [2.75, 3.05) is 0 Å². The first-order valence-corrected chi connectivity index (χ1v) is 7.04. The third kappa shape index (κ3) is 3.17. The van der Waals surface area contributed by atoms with Crippen molar-refractivity contribution in [1.82, 2.24) is 9.78 Å². The van der Waals surface area contributed by atoms with E-state index in [1.54, 1.807) is 4.68 Å². The van der Waals surface area contributed by atoms with Crippen LogP contribution in [0.4, 0.5) is 0 Å². The molecule has 0 aliphatic heterocycles. The molecule has 0 saturated heterocycles. The standard InChI is InChI=1S/C15H24N2O2/c1-14(2)6-8-15(9-7-14,13(18)19)5-4-12-10-16-17(3)11-12/h10-11H,4-9H2,1-3H3,(H,18,19). The van der Waals surface area contributed by atoms with E-state index in [1.807, 2.05) is 19.4 Å². The number of rotatable bonds is 4. The highest BCUT2D eigenvalue weighted by Crippen LogP contribution is 2.47. The highest BCUT2D eigenvalue weighted by Gasteiger charge is 2.43. The summed E-state index contributed by atoms with van der Waals surface area (Å²) in [6.07, 6.45) is 8.96. The molecule has 1 aliphatic carbocycles. The van der Waals surface area contributed by atoms with Crippen molar-refractivity contribution in [3.8, 4) is 0 Å². The van der Waals surface area contributed by atoms with E-state index in [-0.39, 0.29) is 0 Å². The molecule has 0 unspecified atom stereocenters. The SMILES string of the molecule is Cn1cc(CCC2(C(=O)O)CCC(C)(C)CC2)cn1. The van der Waals surface area contributed by atoms with Gasteiger partial charge in [-0.3, -0.25) is 9.48 Å². The first-order valence-electron chi connectivity index (χ1n) is 7.04. The minimum atomic E-state index is -0.619. The summed E-state index contributed by atoms with van der Waals surface area (Å²) in [5.74, 6) is -0.619. The molecule has 1 saturated carbocycles. The van der Waals surface area contributed by atoms with E-state index in [0.717, 1.165) is 44.1 Å². The van der Waals surface area contributed by atoms with Gasteiger partial charge in [0.2, 0.25) is 0 Å². The molecule has 2 rings (SSSR count). The Labute approximate surface area is 114 Å². The minimum Gasteiger partial charge on any atom is -0.481 e. The van der Waals surface area contributed by atoms with Crippen LogP contribution in [0.1, 0.15) is 51.5 Å². The zero-order chi connectivity index (χ0) is 14.1. The fourth-order valence-corrected chi connectivity index (χ4v) is 2.96. The van der Waals surface area contributed by atoms with Gasteiger partial charge in [0.05, 0.1) is 11.6 Å². The van der Waals surface area contributed by atoms with Crippen molar-refractivity contribution in [2.24, 2.45) is 17.9 Å². The van der Waals surface area contributed by atoms with E-state index >= 15 is 0 Å². The van der Waals surface area contributed by atoms with Crippen LogP contribution in [-0.2, 0) is 18.3 Å². The molecule has 1 aliphatic rings. The van der Waals surface area contributed by atoms with Gasteiger partial charge in [-0.2, -0.15) is 5.10 Å². The van der Waals surface area contributed by atoms with Crippen LogP contribution in [0.5, 0.6) is 0 Å².